The molecule has 1 aliphatic heterocycles. The van der Waals surface area contributed by atoms with Crippen LogP contribution in [0.15, 0.2) is 54.6 Å². The van der Waals surface area contributed by atoms with Crippen LogP contribution in [0.1, 0.15) is 65.4 Å². The molecule has 1 amide bonds. The zero-order chi connectivity index (χ0) is 21.3. The van der Waals surface area contributed by atoms with Crippen LogP contribution in [0.2, 0.25) is 0 Å². The maximum Gasteiger partial charge on any atom is 0.251 e. The average Bonchev–Trinajstić information content (AvgIpc) is 2.72. The fourth-order valence-electron chi connectivity index (χ4n) is 4.35. The van der Waals surface area contributed by atoms with Gasteiger partial charge in [0, 0.05) is 24.2 Å². The summed E-state index contributed by atoms with van der Waals surface area (Å²) in [5.74, 6) is -0.166. The monoisotopic (exact) mass is 428 g/mol. The molecular weight excluding hydrogens is 400 g/mol. The van der Waals surface area contributed by atoms with Crippen LogP contribution in [0.3, 0.4) is 0 Å². The van der Waals surface area contributed by atoms with Gasteiger partial charge >= 0.3 is 0 Å². The predicted octanol–water partition coefficient (Wildman–Crippen LogP) is 3.17. The molecule has 1 saturated carbocycles. The Morgan fingerprint density at radius 2 is 1.77 bits per heavy atom. The summed E-state index contributed by atoms with van der Waals surface area (Å²) in [7, 11) is -3.48. The van der Waals surface area contributed by atoms with Crippen LogP contribution < -0.4 is 5.32 Å². The van der Waals surface area contributed by atoms with Crippen molar-refractivity contribution >= 4 is 15.9 Å². The van der Waals surface area contributed by atoms with Gasteiger partial charge in [0.2, 0.25) is 10.0 Å². The van der Waals surface area contributed by atoms with Gasteiger partial charge in [-0.15, -0.1) is 0 Å². The van der Waals surface area contributed by atoms with Crippen LogP contribution in [-0.2, 0) is 10.0 Å². The third-order valence-corrected chi connectivity index (χ3v) is 8.62. The Hall–Kier alpha value is -2.22. The van der Waals surface area contributed by atoms with Crippen molar-refractivity contribution in [1.29, 1.82) is 0 Å². The van der Waals surface area contributed by atoms with Crippen molar-refractivity contribution in [2.75, 3.05) is 6.54 Å². The van der Waals surface area contributed by atoms with E-state index in [4.69, 9.17) is 0 Å². The van der Waals surface area contributed by atoms with Gasteiger partial charge in [-0.25, -0.2) is 8.42 Å². The van der Waals surface area contributed by atoms with E-state index in [0.717, 1.165) is 17.5 Å². The van der Waals surface area contributed by atoms with E-state index in [0.29, 0.717) is 31.4 Å². The van der Waals surface area contributed by atoms with Crippen LogP contribution in [0.5, 0.6) is 0 Å². The number of sulfonamides is 1. The van der Waals surface area contributed by atoms with Gasteiger partial charge in [-0.2, -0.15) is 4.31 Å². The average molecular weight is 429 g/mol. The van der Waals surface area contributed by atoms with Crippen molar-refractivity contribution in [1.82, 2.24) is 9.62 Å². The first-order valence-electron chi connectivity index (χ1n) is 10.5. The SMILES string of the molecule is CC(c1ccc(C(=O)NC2CC(O)C2)cc1)N1CCCC(c2ccccc2)S1(=O)=O. The molecule has 1 heterocycles. The highest BCUT2D eigenvalue weighted by Crippen LogP contribution is 2.38. The van der Waals surface area contributed by atoms with Crippen LogP contribution in [0.4, 0.5) is 0 Å². The molecule has 0 aromatic heterocycles. The zero-order valence-electron chi connectivity index (χ0n) is 17.1. The Morgan fingerprint density at radius 3 is 2.40 bits per heavy atom. The third-order valence-electron chi connectivity index (χ3n) is 6.24. The number of nitrogens with one attached hydrogen (secondary N) is 1. The summed E-state index contributed by atoms with van der Waals surface area (Å²) in [5.41, 5.74) is 2.24. The highest BCUT2D eigenvalue weighted by molar-refractivity contribution is 7.89. The summed E-state index contributed by atoms with van der Waals surface area (Å²) >= 11 is 0. The first kappa shape index (κ1) is 21.0. The molecule has 2 N–H and O–H groups in total. The van der Waals surface area contributed by atoms with Gasteiger partial charge in [0.15, 0.2) is 0 Å². The highest BCUT2D eigenvalue weighted by Gasteiger charge is 2.39. The predicted molar refractivity (Wildman–Crippen MR) is 115 cm³/mol. The normalized spacial score (nSPS) is 27.1. The van der Waals surface area contributed by atoms with Crippen LogP contribution in [0, 0.1) is 0 Å². The summed E-state index contributed by atoms with van der Waals surface area (Å²) < 4.78 is 28.3. The first-order valence-corrected chi connectivity index (χ1v) is 12.0. The van der Waals surface area contributed by atoms with E-state index in [2.05, 4.69) is 5.32 Å². The molecule has 2 aromatic carbocycles. The Kier molecular flexibility index (Phi) is 5.95. The number of nitrogens with zero attached hydrogens (tertiary/aromatic N) is 1. The third kappa shape index (κ3) is 4.15. The lowest BCUT2D eigenvalue weighted by atomic mass is 9.89. The molecule has 7 heteroatoms. The van der Waals surface area contributed by atoms with E-state index in [1.54, 1.807) is 16.4 Å². The lowest BCUT2D eigenvalue weighted by Gasteiger charge is -2.36. The maximum atomic E-state index is 13.3. The number of carbonyl (C=O) groups excluding carboxylic acids is 1. The summed E-state index contributed by atoms with van der Waals surface area (Å²) in [6, 6.07) is 16.3. The van der Waals surface area contributed by atoms with E-state index in [-0.39, 0.29) is 24.1 Å². The Bertz CT molecular complexity index is 986. The van der Waals surface area contributed by atoms with Gasteiger partial charge < -0.3 is 10.4 Å². The van der Waals surface area contributed by atoms with Crippen molar-refractivity contribution in [2.24, 2.45) is 0 Å². The van der Waals surface area contributed by atoms with Gasteiger partial charge in [0.1, 0.15) is 5.25 Å². The second-order valence-electron chi connectivity index (χ2n) is 8.29. The minimum Gasteiger partial charge on any atom is -0.393 e. The van der Waals surface area contributed by atoms with Gasteiger partial charge in [0.05, 0.1) is 6.10 Å². The second kappa shape index (κ2) is 8.49. The van der Waals surface area contributed by atoms with Crippen molar-refractivity contribution < 1.29 is 18.3 Å². The van der Waals surface area contributed by atoms with Gasteiger partial charge in [-0.1, -0.05) is 42.5 Å². The largest absolute Gasteiger partial charge is 0.393 e. The fraction of sp³-hybridized carbons (Fsp3) is 0.435. The highest BCUT2D eigenvalue weighted by atomic mass is 32.2. The summed E-state index contributed by atoms with van der Waals surface area (Å²) in [4.78, 5) is 12.3. The molecule has 0 spiro atoms. The number of aliphatic hydroxyl groups excluding tert-OH is 1. The molecule has 30 heavy (non-hydrogen) atoms. The number of hydrogen-bond acceptors (Lipinski definition) is 4. The van der Waals surface area contributed by atoms with Gasteiger partial charge in [0.25, 0.3) is 5.91 Å². The smallest absolute Gasteiger partial charge is 0.251 e. The summed E-state index contributed by atoms with van der Waals surface area (Å²) in [6.07, 6.45) is 2.32. The molecule has 0 radical (unpaired) electrons. The van der Waals surface area contributed by atoms with E-state index in [1.807, 2.05) is 49.4 Å². The van der Waals surface area contributed by atoms with Crippen molar-refractivity contribution in [2.45, 2.75) is 56.0 Å². The topological polar surface area (TPSA) is 86.7 Å². The molecule has 1 saturated heterocycles. The molecule has 1 aliphatic carbocycles. The number of amides is 1. The molecule has 0 bridgehead atoms. The van der Waals surface area contributed by atoms with Gasteiger partial charge in [-0.05, 0) is 55.9 Å². The standard InChI is InChI=1S/C23H28N2O4S/c1-16(17-9-11-19(12-10-17)23(27)24-20-14-21(26)15-20)25-13-5-8-22(30(25,28)29)18-6-3-2-4-7-18/h2-4,6-7,9-12,16,20-22,26H,5,8,13-15H2,1H3,(H,24,27). The van der Waals surface area contributed by atoms with Crippen LogP contribution >= 0.6 is 0 Å². The molecule has 2 aliphatic rings. The second-order valence-corrected chi connectivity index (χ2v) is 10.4. The molecule has 2 atom stereocenters. The zero-order valence-corrected chi connectivity index (χ0v) is 17.9. The quantitative estimate of drug-likeness (QED) is 0.766. The number of carbonyl (C=O) groups is 1. The number of hydrogen-bond donors (Lipinski definition) is 2. The van der Waals surface area contributed by atoms with Crippen molar-refractivity contribution in [3.8, 4) is 0 Å². The summed E-state index contributed by atoms with van der Waals surface area (Å²) in [6.45, 7) is 2.40. The minimum absolute atomic E-state index is 0.0273. The van der Waals surface area contributed by atoms with E-state index in [9.17, 15) is 18.3 Å². The van der Waals surface area contributed by atoms with E-state index in [1.165, 1.54) is 0 Å². The Morgan fingerprint density at radius 1 is 1.10 bits per heavy atom. The first-order chi connectivity index (χ1) is 14.4. The molecular formula is C23H28N2O4S. The Balaban J connectivity index is 1.48. The minimum atomic E-state index is -3.48. The molecule has 2 aromatic rings. The van der Waals surface area contributed by atoms with Crippen molar-refractivity contribution in [3.63, 3.8) is 0 Å². The van der Waals surface area contributed by atoms with Gasteiger partial charge in [-0.3, -0.25) is 4.79 Å². The van der Waals surface area contributed by atoms with Crippen molar-refractivity contribution in [3.05, 3.63) is 71.3 Å². The molecule has 160 valence electrons. The molecule has 4 rings (SSSR count). The number of rotatable bonds is 5. The maximum absolute atomic E-state index is 13.3. The lowest BCUT2D eigenvalue weighted by Crippen LogP contribution is -2.46. The molecule has 2 unspecified atom stereocenters. The number of aliphatic hydroxyl groups is 1. The van der Waals surface area contributed by atoms with E-state index < -0.39 is 15.3 Å². The Labute approximate surface area is 178 Å². The lowest BCUT2D eigenvalue weighted by molar-refractivity contribution is 0.0562. The van der Waals surface area contributed by atoms with Crippen LogP contribution in [0.25, 0.3) is 0 Å². The number of benzene rings is 2. The van der Waals surface area contributed by atoms with Crippen LogP contribution in [-0.4, -0.2) is 42.4 Å². The molecule has 6 nitrogen and oxygen atoms in total. The molecule has 2 fully saturated rings. The van der Waals surface area contributed by atoms with E-state index >= 15 is 0 Å². The summed E-state index contributed by atoms with van der Waals surface area (Å²) in [5, 5.41) is 11.7. The fourth-order valence-corrected chi connectivity index (χ4v) is 6.58.